The number of imidazole rings is 1. The van der Waals surface area contributed by atoms with Crippen LogP contribution in [0.1, 0.15) is 57.8 Å². The van der Waals surface area contributed by atoms with Crippen molar-refractivity contribution in [2.45, 2.75) is 57.8 Å². The minimum atomic E-state index is 0.190. The molecule has 0 aliphatic heterocycles. The molecular formula is C24H28BN2O. The SMILES string of the molecule is O=C([B]c1ccc2nc(-c3ccccc3)[nH]c2c1)C1CCCCCCCCC1. The molecule has 0 atom stereocenters. The van der Waals surface area contributed by atoms with Crippen molar-refractivity contribution in [2.75, 3.05) is 0 Å². The third-order valence-corrected chi connectivity index (χ3v) is 5.87. The van der Waals surface area contributed by atoms with E-state index in [-0.39, 0.29) is 5.92 Å². The third-order valence-electron chi connectivity index (χ3n) is 5.87. The Morgan fingerprint density at radius 3 is 2.29 bits per heavy atom. The molecule has 0 spiro atoms. The number of carbonyl (C=O) groups is 1. The summed E-state index contributed by atoms with van der Waals surface area (Å²) in [7, 11) is 1.85. The fourth-order valence-electron chi connectivity index (χ4n) is 4.23. The van der Waals surface area contributed by atoms with E-state index in [0.29, 0.717) is 5.68 Å². The number of carbonyl (C=O) groups excluding carboxylic acids is 1. The van der Waals surface area contributed by atoms with Crippen LogP contribution < -0.4 is 5.46 Å². The molecule has 3 aromatic rings. The number of aromatic amines is 1. The van der Waals surface area contributed by atoms with Gasteiger partial charge in [0, 0.05) is 11.5 Å². The molecule has 1 saturated carbocycles. The lowest BCUT2D eigenvalue weighted by molar-refractivity contribution is -0.115. The van der Waals surface area contributed by atoms with E-state index < -0.39 is 0 Å². The van der Waals surface area contributed by atoms with Gasteiger partial charge in [-0.25, -0.2) is 4.98 Å². The zero-order valence-electron chi connectivity index (χ0n) is 16.5. The number of nitrogens with one attached hydrogen (secondary N) is 1. The predicted octanol–water partition coefficient (Wildman–Crippen LogP) is 5.23. The van der Waals surface area contributed by atoms with E-state index in [4.69, 9.17) is 0 Å². The molecule has 0 unspecified atom stereocenters. The van der Waals surface area contributed by atoms with Crippen LogP contribution in [-0.4, -0.2) is 22.9 Å². The zero-order valence-corrected chi connectivity index (χ0v) is 16.5. The second-order valence-corrected chi connectivity index (χ2v) is 8.02. The molecule has 1 aliphatic carbocycles. The molecule has 4 heteroatoms. The van der Waals surface area contributed by atoms with E-state index in [9.17, 15) is 4.79 Å². The number of aromatic nitrogens is 2. The fourth-order valence-corrected chi connectivity index (χ4v) is 4.23. The number of rotatable bonds is 4. The van der Waals surface area contributed by atoms with Gasteiger partial charge in [-0.2, -0.15) is 0 Å². The molecule has 0 bridgehead atoms. The summed E-state index contributed by atoms with van der Waals surface area (Å²) in [4.78, 5) is 21.0. The van der Waals surface area contributed by atoms with Crippen LogP contribution in [0.5, 0.6) is 0 Å². The molecule has 2 aromatic carbocycles. The van der Waals surface area contributed by atoms with Crippen molar-refractivity contribution >= 4 is 29.5 Å². The van der Waals surface area contributed by atoms with E-state index in [1.54, 1.807) is 0 Å². The topological polar surface area (TPSA) is 45.8 Å². The minimum Gasteiger partial charge on any atom is -0.338 e. The van der Waals surface area contributed by atoms with Crippen LogP contribution in [-0.2, 0) is 4.79 Å². The Morgan fingerprint density at radius 1 is 0.893 bits per heavy atom. The molecular weight excluding hydrogens is 343 g/mol. The summed E-state index contributed by atoms with van der Waals surface area (Å²) in [5.41, 5.74) is 4.25. The van der Waals surface area contributed by atoms with Crippen LogP contribution in [0.3, 0.4) is 0 Å². The number of fused-ring (bicyclic) bond motifs is 1. The average molecular weight is 371 g/mol. The van der Waals surface area contributed by atoms with Crippen molar-refractivity contribution in [1.82, 2.24) is 9.97 Å². The Bertz CT molecular complexity index is 909. The molecule has 28 heavy (non-hydrogen) atoms. The van der Waals surface area contributed by atoms with E-state index in [1.807, 2.05) is 55.8 Å². The average Bonchev–Trinajstić information content (AvgIpc) is 3.16. The Hall–Kier alpha value is -2.36. The summed E-state index contributed by atoms with van der Waals surface area (Å²) >= 11 is 0. The largest absolute Gasteiger partial charge is 0.338 e. The first-order chi connectivity index (χ1) is 13.8. The molecule has 1 aromatic heterocycles. The van der Waals surface area contributed by atoms with Crippen LogP contribution in [0, 0.1) is 5.92 Å². The molecule has 1 N–H and O–H groups in total. The van der Waals surface area contributed by atoms with Crippen molar-refractivity contribution in [3.8, 4) is 11.4 Å². The number of H-pyrrole nitrogens is 1. The third kappa shape index (κ3) is 4.73. The highest BCUT2D eigenvalue weighted by atomic mass is 16.1. The molecule has 143 valence electrons. The highest BCUT2D eigenvalue weighted by Gasteiger charge is 2.20. The molecule has 1 radical (unpaired) electrons. The second kappa shape index (κ2) is 9.23. The molecule has 1 fully saturated rings. The number of hydrogen-bond donors (Lipinski definition) is 1. The summed E-state index contributed by atoms with van der Waals surface area (Å²) in [5, 5.41) is 0. The highest BCUT2D eigenvalue weighted by molar-refractivity contribution is 6.84. The maximum atomic E-state index is 12.9. The van der Waals surface area contributed by atoms with Crippen molar-refractivity contribution in [3.63, 3.8) is 0 Å². The monoisotopic (exact) mass is 371 g/mol. The van der Waals surface area contributed by atoms with Gasteiger partial charge in [-0.3, -0.25) is 0 Å². The predicted molar refractivity (Wildman–Crippen MR) is 117 cm³/mol. The Morgan fingerprint density at radius 2 is 1.57 bits per heavy atom. The van der Waals surface area contributed by atoms with Crippen LogP contribution in [0.2, 0.25) is 0 Å². The minimum absolute atomic E-state index is 0.190. The van der Waals surface area contributed by atoms with Gasteiger partial charge in [0.1, 0.15) is 5.82 Å². The van der Waals surface area contributed by atoms with Gasteiger partial charge in [0.15, 0.2) is 0 Å². The Labute approximate surface area is 168 Å². The number of benzene rings is 2. The lowest BCUT2D eigenvalue weighted by Crippen LogP contribution is -2.30. The van der Waals surface area contributed by atoms with Gasteiger partial charge < -0.3 is 9.78 Å². The zero-order chi connectivity index (χ0) is 19.2. The molecule has 3 nitrogen and oxygen atoms in total. The highest BCUT2D eigenvalue weighted by Crippen LogP contribution is 2.22. The quantitative estimate of drug-likeness (QED) is 0.639. The van der Waals surface area contributed by atoms with Gasteiger partial charge in [0.2, 0.25) is 7.28 Å². The van der Waals surface area contributed by atoms with Crippen LogP contribution >= 0.6 is 0 Å². The molecule has 0 amide bonds. The van der Waals surface area contributed by atoms with Gasteiger partial charge in [0.25, 0.3) is 0 Å². The van der Waals surface area contributed by atoms with Gasteiger partial charge in [0.05, 0.1) is 16.7 Å². The maximum absolute atomic E-state index is 12.9. The molecule has 0 saturated heterocycles. The van der Waals surface area contributed by atoms with Crippen LogP contribution in [0.25, 0.3) is 22.4 Å². The van der Waals surface area contributed by atoms with Crippen molar-refractivity contribution in [1.29, 1.82) is 0 Å². The van der Waals surface area contributed by atoms with Gasteiger partial charge >= 0.3 is 0 Å². The maximum Gasteiger partial charge on any atom is 0.241 e. The Balaban J connectivity index is 1.46. The summed E-state index contributed by atoms with van der Waals surface area (Å²) in [6.07, 6.45) is 11.0. The number of nitrogens with zero attached hydrogens (tertiary/aromatic N) is 1. The van der Waals surface area contributed by atoms with Crippen molar-refractivity contribution in [2.24, 2.45) is 5.92 Å². The summed E-state index contributed by atoms with van der Waals surface area (Å²) in [6.45, 7) is 0. The normalized spacial score (nSPS) is 16.7. The van der Waals surface area contributed by atoms with Gasteiger partial charge in [-0.15, -0.1) is 0 Å². The lowest BCUT2D eigenvalue weighted by Gasteiger charge is -2.17. The first kappa shape index (κ1) is 19.0. The van der Waals surface area contributed by atoms with Gasteiger partial charge in [-0.05, 0) is 25.0 Å². The molecule has 1 heterocycles. The van der Waals surface area contributed by atoms with E-state index in [0.717, 1.165) is 40.7 Å². The second-order valence-electron chi connectivity index (χ2n) is 8.02. The number of hydrogen-bond acceptors (Lipinski definition) is 2. The standard InChI is InChI=1S/C24H28BN2O/c28-23(18-11-7-4-2-1-3-5-8-12-18)25-20-15-16-21-22(17-20)27-24(26-21)19-13-9-6-10-14-19/h6,9-10,13-18H,1-5,7-8,11-12H2,(H,26,27). The molecule has 1 aliphatic rings. The van der Waals surface area contributed by atoms with Crippen molar-refractivity contribution in [3.05, 3.63) is 48.5 Å². The van der Waals surface area contributed by atoms with E-state index in [2.05, 4.69) is 9.97 Å². The first-order valence-corrected chi connectivity index (χ1v) is 10.7. The smallest absolute Gasteiger partial charge is 0.241 e. The van der Waals surface area contributed by atoms with Crippen LogP contribution in [0.15, 0.2) is 48.5 Å². The van der Waals surface area contributed by atoms with Crippen molar-refractivity contribution < 1.29 is 4.79 Å². The Kier molecular flexibility index (Phi) is 6.25. The summed E-state index contributed by atoms with van der Waals surface area (Å²) < 4.78 is 0. The van der Waals surface area contributed by atoms with E-state index >= 15 is 0 Å². The molecule has 4 rings (SSSR count). The summed E-state index contributed by atoms with van der Waals surface area (Å²) in [6, 6.07) is 16.2. The summed E-state index contributed by atoms with van der Waals surface area (Å²) in [5.74, 6) is 1.06. The van der Waals surface area contributed by atoms with Gasteiger partial charge in [-0.1, -0.05) is 86.8 Å². The van der Waals surface area contributed by atoms with E-state index in [1.165, 1.54) is 44.9 Å². The first-order valence-electron chi connectivity index (χ1n) is 10.7. The van der Waals surface area contributed by atoms with Crippen LogP contribution in [0.4, 0.5) is 0 Å². The lowest BCUT2D eigenvalue weighted by atomic mass is 9.61. The fraction of sp³-hybridized carbons (Fsp3) is 0.417.